The monoisotopic (exact) mass is 438 g/mol. The molecule has 0 bridgehead atoms. The Morgan fingerprint density at radius 3 is 2.07 bits per heavy atom. The van der Waals surface area contributed by atoms with Gasteiger partial charge in [0, 0.05) is 5.69 Å². The van der Waals surface area contributed by atoms with E-state index in [9.17, 15) is 16.8 Å². The van der Waals surface area contributed by atoms with Crippen molar-refractivity contribution in [3.05, 3.63) is 58.6 Å². The van der Waals surface area contributed by atoms with Crippen LogP contribution in [0.5, 0.6) is 0 Å². The summed E-state index contributed by atoms with van der Waals surface area (Å²) in [5.74, 6) is 0. The van der Waals surface area contributed by atoms with Crippen molar-refractivity contribution < 1.29 is 16.8 Å². The van der Waals surface area contributed by atoms with Gasteiger partial charge in [0.15, 0.2) is 0 Å². The highest BCUT2D eigenvalue weighted by molar-refractivity contribution is 7.93. The van der Waals surface area contributed by atoms with Crippen molar-refractivity contribution in [2.45, 2.75) is 30.6 Å². The smallest absolute Gasteiger partial charge is 0.263 e. The molecule has 0 saturated heterocycles. The highest BCUT2D eigenvalue weighted by Gasteiger charge is 2.19. The highest BCUT2D eigenvalue weighted by Crippen LogP contribution is 2.23. The third-order valence-electron chi connectivity index (χ3n) is 3.78. The summed E-state index contributed by atoms with van der Waals surface area (Å²) < 4.78 is 54.8. The predicted octanol–water partition coefficient (Wildman–Crippen LogP) is 3.06. The van der Waals surface area contributed by atoms with Gasteiger partial charge >= 0.3 is 0 Å². The minimum atomic E-state index is -3.84. The molecule has 0 aliphatic heterocycles. The summed E-state index contributed by atoms with van der Waals surface area (Å²) in [7, 11) is -7.63. The first-order chi connectivity index (χ1) is 13.1. The molecule has 0 atom stereocenters. The molecule has 0 aliphatic rings. The molecule has 0 saturated carbocycles. The van der Waals surface area contributed by atoms with Crippen LogP contribution in [0.25, 0.3) is 0 Å². The normalized spacial score (nSPS) is 12.0. The molecule has 0 unspecified atom stereocenters. The van der Waals surface area contributed by atoms with Crippen LogP contribution in [-0.4, -0.2) is 27.0 Å². The Labute approximate surface area is 167 Å². The topological polar surface area (TPSA) is 118 Å². The maximum absolute atomic E-state index is 12.6. The van der Waals surface area contributed by atoms with E-state index >= 15 is 0 Å². The lowest BCUT2D eigenvalue weighted by molar-refractivity contribution is 0.599. The van der Waals surface area contributed by atoms with E-state index in [-0.39, 0.29) is 20.6 Å². The van der Waals surface area contributed by atoms with Crippen LogP contribution in [0.2, 0.25) is 0 Å². The van der Waals surface area contributed by atoms with Crippen molar-refractivity contribution in [2.24, 2.45) is 0 Å². The lowest BCUT2D eigenvalue weighted by Crippen LogP contribution is -2.15. The fraction of sp³-hybridized carbons (Fsp3) is 0.176. The zero-order chi connectivity index (χ0) is 20.5. The van der Waals surface area contributed by atoms with Crippen molar-refractivity contribution >= 4 is 42.2 Å². The summed E-state index contributed by atoms with van der Waals surface area (Å²) in [5, 5.41) is 8.28. The summed E-state index contributed by atoms with van der Waals surface area (Å²) >= 11 is 1.12. The van der Waals surface area contributed by atoms with E-state index in [1.165, 1.54) is 24.3 Å². The Kier molecular flexibility index (Phi) is 5.41. The van der Waals surface area contributed by atoms with E-state index in [1.807, 2.05) is 6.92 Å². The first-order valence-electron chi connectivity index (χ1n) is 8.10. The Morgan fingerprint density at radius 2 is 1.50 bits per heavy atom. The summed E-state index contributed by atoms with van der Waals surface area (Å²) in [6, 6.07) is 10.5. The average molecular weight is 439 g/mol. The van der Waals surface area contributed by atoms with Gasteiger partial charge in [-0.2, -0.15) is 0 Å². The van der Waals surface area contributed by atoms with Crippen LogP contribution in [0.1, 0.15) is 16.1 Å². The lowest BCUT2D eigenvalue weighted by Gasteiger charge is -2.11. The third-order valence-corrected chi connectivity index (χ3v) is 7.56. The Bertz CT molecular complexity index is 1220. The number of aromatic nitrogens is 2. The van der Waals surface area contributed by atoms with Gasteiger partial charge in [0.2, 0.25) is 5.13 Å². The molecule has 2 N–H and O–H groups in total. The van der Waals surface area contributed by atoms with Gasteiger partial charge < -0.3 is 0 Å². The zero-order valence-electron chi connectivity index (χ0n) is 15.3. The van der Waals surface area contributed by atoms with Crippen molar-refractivity contribution in [1.82, 2.24) is 10.2 Å². The molecule has 0 aliphatic carbocycles. The van der Waals surface area contributed by atoms with Gasteiger partial charge in [-0.15, -0.1) is 10.2 Å². The van der Waals surface area contributed by atoms with Crippen molar-refractivity contribution in [2.75, 3.05) is 9.44 Å². The number of anilines is 2. The summed E-state index contributed by atoms with van der Waals surface area (Å²) in [6.07, 6.45) is 0. The largest absolute Gasteiger partial charge is 0.280 e. The second-order valence-electron chi connectivity index (χ2n) is 6.13. The van der Waals surface area contributed by atoms with Crippen LogP contribution < -0.4 is 9.44 Å². The van der Waals surface area contributed by atoms with E-state index in [2.05, 4.69) is 19.6 Å². The quantitative estimate of drug-likeness (QED) is 0.611. The number of hydrogen-bond donors (Lipinski definition) is 2. The molecule has 28 heavy (non-hydrogen) atoms. The van der Waals surface area contributed by atoms with Gasteiger partial charge in [-0.05, 0) is 56.7 Å². The van der Waals surface area contributed by atoms with Gasteiger partial charge in [-0.3, -0.25) is 9.44 Å². The minimum Gasteiger partial charge on any atom is -0.280 e. The lowest BCUT2D eigenvalue weighted by atomic mass is 10.2. The molecule has 1 heterocycles. The number of nitrogens with one attached hydrogen (secondary N) is 2. The predicted molar refractivity (Wildman–Crippen MR) is 109 cm³/mol. The van der Waals surface area contributed by atoms with Crippen molar-refractivity contribution in [3.8, 4) is 0 Å². The zero-order valence-corrected chi connectivity index (χ0v) is 17.7. The number of aryl methyl sites for hydroxylation is 3. The molecule has 0 radical (unpaired) electrons. The molecular weight excluding hydrogens is 420 g/mol. The molecule has 0 spiro atoms. The molecular formula is C17H18N4O4S3. The number of benzene rings is 2. The van der Waals surface area contributed by atoms with Gasteiger partial charge in [0.1, 0.15) is 5.01 Å². The molecule has 11 heteroatoms. The first kappa shape index (κ1) is 20.2. The van der Waals surface area contributed by atoms with Gasteiger partial charge in [0.05, 0.1) is 9.79 Å². The third kappa shape index (κ3) is 4.49. The van der Waals surface area contributed by atoms with Gasteiger partial charge in [-0.1, -0.05) is 29.0 Å². The van der Waals surface area contributed by atoms with E-state index in [4.69, 9.17) is 0 Å². The first-order valence-corrected chi connectivity index (χ1v) is 11.9. The van der Waals surface area contributed by atoms with E-state index in [0.29, 0.717) is 10.6 Å². The molecule has 0 fully saturated rings. The van der Waals surface area contributed by atoms with E-state index in [1.54, 1.807) is 32.0 Å². The van der Waals surface area contributed by atoms with Gasteiger partial charge in [0.25, 0.3) is 20.0 Å². The summed E-state index contributed by atoms with van der Waals surface area (Å²) in [4.78, 5) is 0.151. The molecule has 2 aromatic carbocycles. The molecule has 148 valence electrons. The van der Waals surface area contributed by atoms with E-state index < -0.39 is 20.0 Å². The molecule has 3 aromatic rings. The number of hydrogen-bond acceptors (Lipinski definition) is 7. The molecule has 8 nitrogen and oxygen atoms in total. The highest BCUT2D eigenvalue weighted by atomic mass is 32.2. The molecule has 3 rings (SSSR count). The van der Waals surface area contributed by atoms with Crippen LogP contribution in [-0.2, 0) is 20.0 Å². The molecule has 1 aromatic heterocycles. The number of rotatable bonds is 6. The Morgan fingerprint density at radius 1 is 0.821 bits per heavy atom. The van der Waals surface area contributed by atoms with Crippen LogP contribution in [0, 0.1) is 20.8 Å². The van der Waals surface area contributed by atoms with Crippen LogP contribution >= 0.6 is 11.3 Å². The average Bonchev–Trinajstić information content (AvgIpc) is 2.98. The van der Waals surface area contributed by atoms with Crippen molar-refractivity contribution in [3.63, 3.8) is 0 Å². The summed E-state index contributed by atoms with van der Waals surface area (Å²) in [6.45, 7) is 5.32. The Hall–Kier alpha value is -2.50. The van der Waals surface area contributed by atoms with E-state index in [0.717, 1.165) is 16.9 Å². The summed E-state index contributed by atoms with van der Waals surface area (Å²) in [5.41, 5.74) is 1.85. The van der Waals surface area contributed by atoms with Gasteiger partial charge in [-0.25, -0.2) is 16.8 Å². The number of nitrogens with zero attached hydrogens (tertiary/aromatic N) is 2. The minimum absolute atomic E-state index is 0.0187. The second-order valence-corrected chi connectivity index (χ2v) is 10.6. The SMILES string of the molecule is Cc1ccc(S(=O)(=O)Nc2ccc(S(=O)(=O)Nc3nnc(C)s3)cc2)c(C)c1. The maximum Gasteiger partial charge on any atom is 0.263 e. The second kappa shape index (κ2) is 7.49. The van der Waals surface area contributed by atoms with Crippen molar-refractivity contribution in [1.29, 1.82) is 0 Å². The standard InChI is InChI=1S/C17H18N4O4S3/c1-11-4-9-16(12(2)10-11)28(24,25)20-14-5-7-15(8-6-14)27(22,23)21-17-19-18-13(3)26-17/h4-10,20H,1-3H3,(H,19,21). The van der Waals surface area contributed by atoms with Crippen LogP contribution in [0.4, 0.5) is 10.8 Å². The van der Waals surface area contributed by atoms with Crippen LogP contribution in [0.3, 0.4) is 0 Å². The van der Waals surface area contributed by atoms with Crippen LogP contribution in [0.15, 0.2) is 52.3 Å². The fourth-order valence-corrected chi connectivity index (χ4v) is 5.63. The molecule has 0 amide bonds. The number of sulfonamides is 2. The Balaban J connectivity index is 1.80. The fourth-order valence-electron chi connectivity index (χ4n) is 2.52. The maximum atomic E-state index is 12.6.